The first-order valence-electron chi connectivity index (χ1n) is 9.56. The van der Waals surface area contributed by atoms with Crippen molar-refractivity contribution >= 4 is 27.5 Å². The molecule has 9 nitrogen and oxygen atoms in total. The molecule has 3 aliphatic heterocycles. The number of anilines is 2. The molecule has 1 aromatic carbocycles. The summed E-state index contributed by atoms with van der Waals surface area (Å²) < 4.78 is 70.1. The van der Waals surface area contributed by atoms with E-state index in [1.54, 1.807) is 11.0 Å². The second kappa shape index (κ2) is 7.91. The molecule has 0 aliphatic carbocycles. The van der Waals surface area contributed by atoms with Gasteiger partial charge >= 0.3 is 6.09 Å². The molecule has 3 heterocycles. The lowest BCUT2D eigenvalue weighted by Gasteiger charge is -2.41. The largest absolute Gasteiger partial charge is 0.443 e. The van der Waals surface area contributed by atoms with Gasteiger partial charge in [0, 0.05) is 19.5 Å². The molecule has 166 valence electrons. The molecule has 0 saturated carbocycles. The van der Waals surface area contributed by atoms with Gasteiger partial charge in [-0.25, -0.2) is 26.7 Å². The molecule has 3 saturated heterocycles. The maximum atomic E-state index is 14.8. The Morgan fingerprint density at radius 2 is 2.00 bits per heavy atom. The summed E-state index contributed by atoms with van der Waals surface area (Å²) in [5.74, 6) is -1.84. The van der Waals surface area contributed by atoms with E-state index in [0.29, 0.717) is 19.8 Å². The van der Waals surface area contributed by atoms with Crippen molar-refractivity contribution in [3.63, 3.8) is 0 Å². The predicted octanol–water partition coefficient (Wildman–Crippen LogP) is 0.991. The third-order valence-electron chi connectivity index (χ3n) is 5.40. The molecule has 1 spiro atoms. The van der Waals surface area contributed by atoms with Crippen LogP contribution in [0.2, 0.25) is 0 Å². The lowest BCUT2D eigenvalue weighted by Crippen LogP contribution is -2.54. The molecule has 1 unspecified atom stereocenters. The maximum Gasteiger partial charge on any atom is 0.414 e. The number of sulfonamides is 1. The highest BCUT2D eigenvalue weighted by Gasteiger charge is 2.49. The van der Waals surface area contributed by atoms with Gasteiger partial charge in [0.2, 0.25) is 15.8 Å². The first-order chi connectivity index (χ1) is 14.2. The number of rotatable bonds is 5. The topological polar surface area (TPSA) is 97.4 Å². The van der Waals surface area contributed by atoms with Gasteiger partial charge in [-0.3, -0.25) is 4.90 Å². The molecule has 0 aromatic heterocycles. The summed E-state index contributed by atoms with van der Waals surface area (Å²) in [6, 6.07) is 4.22. The van der Waals surface area contributed by atoms with Gasteiger partial charge in [-0.05, 0) is 18.2 Å². The fourth-order valence-electron chi connectivity index (χ4n) is 3.89. The number of carbonyl (C=O) groups is 1. The molecule has 2 atom stereocenters. The molecule has 1 aromatic rings. The molecule has 4 rings (SSSR count). The Morgan fingerprint density at radius 3 is 2.63 bits per heavy atom. The van der Waals surface area contributed by atoms with E-state index < -0.39 is 40.0 Å². The molecule has 30 heavy (non-hydrogen) atoms. The van der Waals surface area contributed by atoms with Crippen LogP contribution in [0, 0.1) is 5.82 Å². The molecule has 3 aliphatic rings. The zero-order chi connectivity index (χ0) is 21.5. The molecule has 1 N–H and O–H groups in total. The number of alkyl halides is 1. The van der Waals surface area contributed by atoms with E-state index in [9.17, 15) is 22.0 Å². The zero-order valence-corrected chi connectivity index (χ0v) is 17.2. The maximum absolute atomic E-state index is 14.8. The van der Waals surface area contributed by atoms with E-state index in [0.717, 1.165) is 6.26 Å². The second-order valence-electron chi connectivity index (χ2n) is 7.55. The van der Waals surface area contributed by atoms with Crippen LogP contribution in [0.15, 0.2) is 18.2 Å². The number of cyclic esters (lactones) is 1. The third kappa shape index (κ3) is 4.22. The Morgan fingerprint density at radius 1 is 1.27 bits per heavy atom. The molecule has 12 heteroatoms. The van der Waals surface area contributed by atoms with Gasteiger partial charge in [-0.2, -0.15) is 0 Å². The van der Waals surface area contributed by atoms with E-state index in [4.69, 9.17) is 14.2 Å². The van der Waals surface area contributed by atoms with Crippen molar-refractivity contribution in [2.24, 2.45) is 0 Å². The summed E-state index contributed by atoms with van der Waals surface area (Å²) in [7, 11) is -3.42. The fourth-order valence-corrected chi connectivity index (χ4v) is 4.38. The van der Waals surface area contributed by atoms with Crippen molar-refractivity contribution < 1.29 is 36.2 Å². The molecule has 3 fully saturated rings. The number of hydrogen-bond donors (Lipinski definition) is 1. The van der Waals surface area contributed by atoms with Crippen molar-refractivity contribution in [1.82, 2.24) is 4.72 Å². The monoisotopic (exact) mass is 447 g/mol. The second-order valence-corrected chi connectivity index (χ2v) is 9.38. The van der Waals surface area contributed by atoms with Gasteiger partial charge in [0.05, 0.1) is 43.9 Å². The number of ether oxygens (including phenoxy) is 3. The Labute approximate surface area is 172 Å². The van der Waals surface area contributed by atoms with Gasteiger partial charge < -0.3 is 19.1 Å². The van der Waals surface area contributed by atoms with Crippen molar-refractivity contribution in [3.05, 3.63) is 24.0 Å². The van der Waals surface area contributed by atoms with Crippen LogP contribution >= 0.6 is 0 Å². The van der Waals surface area contributed by atoms with Crippen LogP contribution in [0.1, 0.15) is 6.42 Å². The number of nitrogens with one attached hydrogen (secondary N) is 1. The molecule has 0 radical (unpaired) electrons. The number of amides is 1. The minimum absolute atomic E-state index is 0.0682. The van der Waals surface area contributed by atoms with Crippen LogP contribution < -0.4 is 14.5 Å². The number of piperidine rings is 1. The summed E-state index contributed by atoms with van der Waals surface area (Å²) in [6.07, 6.45) is -1.51. The Balaban J connectivity index is 1.43. The lowest BCUT2D eigenvalue weighted by atomic mass is 10.0. The van der Waals surface area contributed by atoms with Crippen molar-refractivity contribution in [2.75, 3.05) is 55.4 Å². The van der Waals surface area contributed by atoms with Gasteiger partial charge in [0.25, 0.3) is 0 Å². The molecule has 0 bridgehead atoms. The minimum Gasteiger partial charge on any atom is -0.443 e. The van der Waals surface area contributed by atoms with Crippen LogP contribution in [-0.2, 0) is 24.2 Å². The highest BCUT2D eigenvalue weighted by molar-refractivity contribution is 7.88. The van der Waals surface area contributed by atoms with Crippen LogP contribution in [0.5, 0.6) is 0 Å². The Bertz CT molecular complexity index is 924. The minimum atomic E-state index is -3.42. The first kappa shape index (κ1) is 21.2. The standard InChI is InChI=1S/C18H23F2N3O6S/c1-30(25,26)21-9-13-10-23(17(24)29-13)12-2-3-15(14(19)8-12)22-5-4-18(16(20)11-22)27-6-7-28-18/h2-3,8,13,16,21H,4-7,9-11H2,1H3/t13-,16?/m0/s1. The van der Waals surface area contributed by atoms with Crippen molar-refractivity contribution in [1.29, 1.82) is 0 Å². The van der Waals surface area contributed by atoms with Gasteiger partial charge in [0.15, 0.2) is 6.17 Å². The SMILES string of the molecule is CS(=O)(=O)NC[C@H]1CN(c2ccc(N3CCC4(OCCO4)C(F)C3)c(F)c2)C(=O)O1. The van der Waals surface area contributed by atoms with Crippen LogP contribution in [0.25, 0.3) is 0 Å². The van der Waals surface area contributed by atoms with E-state index in [-0.39, 0.29) is 37.4 Å². The van der Waals surface area contributed by atoms with E-state index >= 15 is 0 Å². The fraction of sp³-hybridized carbons (Fsp3) is 0.611. The van der Waals surface area contributed by atoms with E-state index in [2.05, 4.69) is 4.72 Å². The number of halogens is 2. The summed E-state index contributed by atoms with van der Waals surface area (Å²) in [6.45, 7) is 0.988. The summed E-state index contributed by atoms with van der Waals surface area (Å²) in [4.78, 5) is 14.9. The number of nitrogens with zero attached hydrogens (tertiary/aromatic N) is 2. The van der Waals surface area contributed by atoms with Gasteiger partial charge in [0.1, 0.15) is 11.9 Å². The summed E-state index contributed by atoms with van der Waals surface area (Å²) >= 11 is 0. The Hall–Kier alpha value is -2.02. The average molecular weight is 447 g/mol. The number of carbonyl (C=O) groups excluding carboxylic acids is 1. The quantitative estimate of drug-likeness (QED) is 0.719. The highest BCUT2D eigenvalue weighted by Crippen LogP contribution is 2.37. The first-order valence-corrected chi connectivity index (χ1v) is 11.5. The number of benzene rings is 1. The van der Waals surface area contributed by atoms with Crippen molar-refractivity contribution in [2.45, 2.75) is 24.5 Å². The van der Waals surface area contributed by atoms with Crippen LogP contribution in [0.3, 0.4) is 0 Å². The smallest absolute Gasteiger partial charge is 0.414 e. The average Bonchev–Trinajstić information content (AvgIpc) is 3.29. The molecule has 1 amide bonds. The summed E-state index contributed by atoms with van der Waals surface area (Å²) in [5, 5.41) is 0. The zero-order valence-electron chi connectivity index (χ0n) is 16.3. The van der Waals surface area contributed by atoms with Crippen LogP contribution in [-0.4, -0.2) is 78.2 Å². The van der Waals surface area contributed by atoms with Gasteiger partial charge in [-0.15, -0.1) is 0 Å². The predicted molar refractivity (Wildman–Crippen MR) is 103 cm³/mol. The lowest BCUT2D eigenvalue weighted by molar-refractivity contribution is -0.207. The highest BCUT2D eigenvalue weighted by atomic mass is 32.2. The van der Waals surface area contributed by atoms with Gasteiger partial charge in [-0.1, -0.05) is 0 Å². The molecular weight excluding hydrogens is 424 g/mol. The van der Waals surface area contributed by atoms with E-state index in [1.807, 2.05) is 0 Å². The van der Waals surface area contributed by atoms with Crippen LogP contribution in [0.4, 0.5) is 25.0 Å². The third-order valence-corrected chi connectivity index (χ3v) is 6.09. The summed E-state index contributed by atoms with van der Waals surface area (Å²) in [5.41, 5.74) is 0.493. The normalized spacial score (nSPS) is 26.4. The van der Waals surface area contributed by atoms with Crippen molar-refractivity contribution in [3.8, 4) is 0 Å². The molecular formula is C18H23F2N3O6S. The van der Waals surface area contributed by atoms with E-state index in [1.165, 1.54) is 17.0 Å². The number of hydrogen-bond acceptors (Lipinski definition) is 7. The Kier molecular flexibility index (Phi) is 5.60.